The molecule has 0 aromatic carbocycles. The van der Waals surface area contributed by atoms with Crippen LogP contribution in [0.25, 0.3) is 0 Å². The Morgan fingerprint density at radius 1 is 1.77 bits per heavy atom. The second kappa shape index (κ2) is 4.83. The molecule has 1 amide bonds. The topological polar surface area (TPSA) is 53.3 Å². The molecule has 1 saturated heterocycles. The fourth-order valence-corrected chi connectivity index (χ4v) is 1.44. The van der Waals surface area contributed by atoms with Crippen LogP contribution in [0, 0.1) is 17.2 Å². The van der Waals surface area contributed by atoms with Gasteiger partial charge in [-0.05, 0) is 6.42 Å². The molecule has 1 aliphatic heterocycles. The quantitative estimate of drug-likeness (QED) is 0.634. The van der Waals surface area contributed by atoms with E-state index in [1.54, 1.807) is 12.0 Å². The van der Waals surface area contributed by atoms with Gasteiger partial charge in [0.25, 0.3) is 0 Å². The molecule has 13 heavy (non-hydrogen) atoms. The van der Waals surface area contributed by atoms with E-state index < -0.39 is 0 Å². The lowest BCUT2D eigenvalue weighted by atomic mass is 9.99. The molecule has 0 spiro atoms. The van der Waals surface area contributed by atoms with Gasteiger partial charge in [0, 0.05) is 26.6 Å². The van der Waals surface area contributed by atoms with Gasteiger partial charge in [-0.2, -0.15) is 5.26 Å². The minimum absolute atomic E-state index is 0.00885. The molecule has 0 aliphatic carbocycles. The van der Waals surface area contributed by atoms with E-state index in [0.717, 1.165) is 0 Å². The second-order valence-electron chi connectivity index (χ2n) is 3.20. The second-order valence-corrected chi connectivity index (χ2v) is 3.20. The van der Waals surface area contributed by atoms with Gasteiger partial charge in [-0.3, -0.25) is 4.79 Å². The zero-order valence-corrected chi connectivity index (χ0v) is 7.82. The number of ether oxygens (including phenoxy) is 1. The highest BCUT2D eigenvalue weighted by atomic mass is 16.5. The number of hydrogen-bond acceptors (Lipinski definition) is 3. The van der Waals surface area contributed by atoms with Crippen LogP contribution in [0.1, 0.15) is 12.8 Å². The summed E-state index contributed by atoms with van der Waals surface area (Å²) in [5.41, 5.74) is 0. The monoisotopic (exact) mass is 182 g/mol. The lowest BCUT2D eigenvalue weighted by molar-refractivity contribution is -0.134. The van der Waals surface area contributed by atoms with E-state index in [-0.39, 0.29) is 11.8 Å². The third-order valence-electron chi connectivity index (χ3n) is 2.25. The van der Waals surface area contributed by atoms with Gasteiger partial charge in [-0.1, -0.05) is 0 Å². The molecular weight excluding hydrogens is 168 g/mol. The third kappa shape index (κ3) is 2.71. The minimum atomic E-state index is 0.00885. The van der Waals surface area contributed by atoms with Crippen molar-refractivity contribution < 1.29 is 9.53 Å². The van der Waals surface area contributed by atoms with Gasteiger partial charge in [0.05, 0.1) is 18.6 Å². The highest BCUT2D eigenvalue weighted by Gasteiger charge is 2.24. The van der Waals surface area contributed by atoms with Gasteiger partial charge >= 0.3 is 0 Å². The largest absolute Gasteiger partial charge is 0.383 e. The van der Waals surface area contributed by atoms with E-state index in [9.17, 15) is 4.79 Å². The normalized spacial score (nSPS) is 22.9. The Bertz CT molecular complexity index is 222. The predicted molar refractivity (Wildman–Crippen MR) is 46.8 cm³/mol. The van der Waals surface area contributed by atoms with Crippen LogP contribution in [0.2, 0.25) is 0 Å². The van der Waals surface area contributed by atoms with Crippen LogP contribution < -0.4 is 0 Å². The van der Waals surface area contributed by atoms with Crippen LogP contribution in [0.15, 0.2) is 0 Å². The molecular formula is C9H14N2O2. The molecule has 0 aromatic heterocycles. The number of piperidine rings is 1. The van der Waals surface area contributed by atoms with E-state index in [0.29, 0.717) is 32.5 Å². The van der Waals surface area contributed by atoms with Crippen molar-refractivity contribution >= 4 is 5.91 Å². The molecule has 4 nitrogen and oxygen atoms in total. The Labute approximate surface area is 78.1 Å². The Balaban J connectivity index is 2.41. The Morgan fingerprint density at radius 2 is 2.54 bits per heavy atom. The maximum atomic E-state index is 11.3. The first-order valence-corrected chi connectivity index (χ1v) is 4.44. The van der Waals surface area contributed by atoms with Gasteiger partial charge in [0.15, 0.2) is 0 Å². The number of rotatable bonds is 3. The summed E-state index contributed by atoms with van der Waals surface area (Å²) in [6.45, 7) is 1.72. The number of likely N-dealkylation sites (tertiary alicyclic amines) is 1. The van der Waals surface area contributed by atoms with Crippen molar-refractivity contribution in [3.63, 3.8) is 0 Å². The average Bonchev–Trinajstić information content (AvgIpc) is 2.17. The van der Waals surface area contributed by atoms with Gasteiger partial charge in [-0.15, -0.1) is 0 Å². The van der Waals surface area contributed by atoms with Crippen molar-refractivity contribution in [1.82, 2.24) is 4.90 Å². The Morgan fingerprint density at radius 3 is 3.15 bits per heavy atom. The molecule has 72 valence electrons. The van der Waals surface area contributed by atoms with E-state index >= 15 is 0 Å². The first kappa shape index (κ1) is 10.0. The van der Waals surface area contributed by atoms with E-state index in [4.69, 9.17) is 10.00 Å². The molecule has 4 heteroatoms. The maximum absolute atomic E-state index is 11.3. The first-order valence-electron chi connectivity index (χ1n) is 4.44. The number of carbonyl (C=O) groups excluding carboxylic acids is 1. The van der Waals surface area contributed by atoms with E-state index in [2.05, 4.69) is 6.07 Å². The number of carbonyl (C=O) groups is 1. The summed E-state index contributed by atoms with van der Waals surface area (Å²) in [4.78, 5) is 13.0. The van der Waals surface area contributed by atoms with Crippen LogP contribution in [0.5, 0.6) is 0 Å². The fourth-order valence-electron chi connectivity index (χ4n) is 1.44. The Kier molecular flexibility index (Phi) is 3.71. The summed E-state index contributed by atoms with van der Waals surface area (Å²) in [7, 11) is 1.61. The molecule has 1 unspecified atom stereocenters. The molecule has 0 saturated carbocycles. The van der Waals surface area contributed by atoms with Gasteiger partial charge < -0.3 is 9.64 Å². The number of nitriles is 1. The molecule has 0 radical (unpaired) electrons. The van der Waals surface area contributed by atoms with Crippen molar-refractivity contribution in [2.24, 2.45) is 5.92 Å². The van der Waals surface area contributed by atoms with E-state index in [1.807, 2.05) is 0 Å². The molecule has 1 atom stereocenters. The standard InChI is InChI=1S/C9H14N2O2/c1-13-5-4-11-7-8(6-10)2-3-9(11)12/h8H,2-5,7H2,1H3. The third-order valence-corrected chi connectivity index (χ3v) is 2.25. The van der Waals surface area contributed by atoms with Crippen molar-refractivity contribution in [2.75, 3.05) is 26.8 Å². The van der Waals surface area contributed by atoms with Crippen LogP contribution in [0.4, 0.5) is 0 Å². The average molecular weight is 182 g/mol. The lowest BCUT2D eigenvalue weighted by Gasteiger charge is -2.29. The summed E-state index contributed by atoms with van der Waals surface area (Å²) in [6.07, 6.45) is 1.21. The smallest absolute Gasteiger partial charge is 0.222 e. The highest BCUT2D eigenvalue weighted by Crippen LogP contribution is 2.16. The summed E-state index contributed by atoms with van der Waals surface area (Å²) >= 11 is 0. The minimum Gasteiger partial charge on any atom is -0.383 e. The Hall–Kier alpha value is -1.08. The van der Waals surface area contributed by atoms with Crippen LogP contribution in [-0.4, -0.2) is 37.6 Å². The summed E-state index contributed by atoms with van der Waals surface area (Å²) in [6, 6.07) is 2.20. The molecule has 0 N–H and O–H groups in total. The summed E-state index contributed by atoms with van der Waals surface area (Å²) in [5, 5.41) is 8.70. The van der Waals surface area contributed by atoms with Crippen molar-refractivity contribution in [3.05, 3.63) is 0 Å². The van der Waals surface area contributed by atoms with Crippen molar-refractivity contribution in [2.45, 2.75) is 12.8 Å². The van der Waals surface area contributed by atoms with Crippen molar-refractivity contribution in [1.29, 1.82) is 5.26 Å². The number of amides is 1. The van der Waals surface area contributed by atoms with Gasteiger partial charge in [-0.25, -0.2) is 0 Å². The molecule has 1 heterocycles. The van der Waals surface area contributed by atoms with E-state index in [1.165, 1.54) is 0 Å². The summed E-state index contributed by atoms with van der Waals surface area (Å²) < 4.78 is 4.88. The van der Waals surface area contributed by atoms with Gasteiger partial charge in [0.1, 0.15) is 0 Å². The molecule has 1 fully saturated rings. The zero-order chi connectivity index (χ0) is 9.68. The molecule has 0 bridgehead atoms. The van der Waals surface area contributed by atoms with Crippen LogP contribution >= 0.6 is 0 Å². The van der Waals surface area contributed by atoms with Crippen LogP contribution in [-0.2, 0) is 9.53 Å². The van der Waals surface area contributed by atoms with Crippen molar-refractivity contribution in [3.8, 4) is 6.07 Å². The number of nitrogens with zero attached hydrogens (tertiary/aromatic N) is 2. The highest BCUT2D eigenvalue weighted by molar-refractivity contribution is 5.77. The number of methoxy groups -OCH3 is 1. The summed E-state index contributed by atoms with van der Waals surface area (Å²) in [5.74, 6) is 0.151. The SMILES string of the molecule is COCCN1CC(C#N)CCC1=O. The van der Waals surface area contributed by atoms with Gasteiger partial charge in [0.2, 0.25) is 5.91 Å². The lowest BCUT2D eigenvalue weighted by Crippen LogP contribution is -2.41. The molecule has 1 rings (SSSR count). The van der Waals surface area contributed by atoms with Crippen LogP contribution in [0.3, 0.4) is 0 Å². The zero-order valence-electron chi connectivity index (χ0n) is 7.82. The molecule has 1 aliphatic rings. The predicted octanol–water partition coefficient (Wildman–Crippen LogP) is 0.395. The fraction of sp³-hybridized carbons (Fsp3) is 0.778. The first-order chi connectivity index (χ1) is 6.27. The molecule has 0 aromatic rings. The maximum Gasteiger partial charge on any atom is 0.222 e. The number of hydrogen-bond donors (Lipinski definition) is 0.